The van der Waals surface area contributed by atoms with Gasteiger partial charge in [0.05, 0.1) is 18.5 Å². The smallest absolute Gasteiger partial charge is 0.254 e. The summed E-state index contributed by atoms with van der Waals surface area (Å²) in [5, 5.41) is 6.01. The highest BCUT2D eigenvalue weighted by Crippen LogP contribution is 2.29. The predicted octanol–water partition coefficient (Wildman–Crippen LogP) is 3.01. The van der Waals surface area contributed by atoms with E-state index in [2.05, 4.69) is 15.5 Å². The summed E-state index contributed by atoms with van der Waals surface area (Å²) in [6.07, 6.45) is 4.35. The molecule has 2 fully saturated rings. The van der Waals surface area contributed by atoms with Crippen molar-refractivity contribution in [3.63, 3.8) is 0 Å². The Kier molecular flexibility index (Phi) is 8.66. The van der Waals surface area contributed by atoms with Gasteiger partial charge in [0, 0.05) is 56.3 Å². The zero-order valence-electron chi connectivity index (χ0n) is 21.7. The van der Waals surface area contributed by atoms with Crippen molar-refractivity contribution < 1.29 is 19.1 Å². The van der Waals surface area contributed by atoms with Gasteiger partial charge in [-0.25, -0.2) is 0 Å². The first-order chi connectivity index (χ1) is 17.8. The molecule has 0 aromatic heterocycles. The number of carbonyl (C=O) groups is 3. The molecule has 2 aromatic carbocycles. The fraction of sp³-hybridized carbons (Fsp3) is 0.464. The first kappa shape index (κ1) is 26.5. The lowest BCUT2D eigenvalue weighted by Crippen LogP contribution is -2.40. The van der Waals surface area contributed by atoms with Crippen molar-refractivity contribution in [2.24, 2.45) is 5.73 Å². The maximum absolute atomic E-state index is 13.1. The van der Waals surface area contributed by atoms with E-state index >= 15 is 0 Å². The largest absolute Gasteiger partial charge is 0.497 e. The molecule has 0 radical (unpaired) electrons. The first-order valence-corrected chi connectivity index (χ1v) is 13.0. The van der Waals surface area contributed by atoms with Crippen LogP contribution < -0.4 is 26.0 Å². The second kappa shape index (κ2) is 12.1. The molecule has 9 heteroatoms. The molecule has 4 rings (SSSR count). The molecule has 2 aromatic rings. The molecule has 0 bridgehead atoms. The molecule has 37 heavy (non-hydrogen) atoms. The minimum atomic E-state index is -0.204. The minimum absolute atomic E-state index is 0.0291. The predicted molar refractivity (Wildman–Crippen MR) is 144 cm³/mol. The Labute approximate surface area is 218 Å². The molecule has 0 spiro atoms. The number of amides is 3. The third kappa shape index (κ3) is 6.80. The number of hydrogen-bond acceptors (Lipinski definition) is 6. The maximum atomic E-state index is 13.1. The third-order valence-electron chi connectivity index (χ3n) is 7.12. The summed E-state index contributed by atoms with van der Waals surface area (Å²) in [4.78, 5) is 42.1. The number of hydrogen-bond donors (Lipinski definition) is 3. The molecule has 9 nitrogen and oxygen atoms in total. The van der Waals surface area contributed by atoms with Crippen LogP contribution in [-0.4, -0.2) is 68.0 Å². The molecule has 198 valence electrons. The highest BCUT2D eigenvalue weighted by atomic mass is 16.5. The van der Waals surface area contributed by atoms with Crippen LogP contribution in [0.4, 0.5) is 11.4 Å². The Morgan fingerprint density at radius 2 is 1.73 bits per heavy atom. The maximum Gasteiger partial charge on any atom is 0.254 e. The first-order valence-electron chi connectivity index (χ1n) is 13.0. The average molecular weight is 508 g/mol. The van der Waals surface area contributed by atoms with Crippen LogP contribution in [0, 0.1) is 0 Å². The molecule has 4 N–H and O–H groups in total. The van der Waals surface area contributed by atoms with Crippen LogP contribution in [-0.2, 0) is 4.79 Å². The van der Waals surface area contributed by atoms with Gasteiger partial charge in [0.15, 0.2) is 0 Å². The number of anilines is 2. The van der Waals surface area contributed by atoms with Crippen LogP contribution in [0.5, 0.6) is 5.75 Å². The van der Waals surface area contributed by atoms with Crippen LogP contribution in [0.2, 0.25) is 0 Å². The van der Waals surface area contributed by atoms with E-state index in [1.165, 1.54) is 6.92 Å². The number of nitrogens with zero attached hydrogens (tertiary/aromatic N) is 2. The molecular weight excluding hydrogens is 470 g/mol. The van der Waals surface area contributed by atoms with Crippen molar-refractivity contribution in [1.82, 2.24) is 10.2 Å². The van der Waals surface area contributed by atoms with Gasteiger partial charge in [-0.05, 0) is 68.5 Å². The number of carbonyl (C=O) groups excluding carboxylic acids is 3. The standard InChI is InChI=1S/C28H37N5O4/c1-19(34)30-25-18-20(27(35)31-23-10-8-22(29)9-11-23)7-12-26(25)32-13-4-14-33(16-15-32)28(36)21-5-3-6-24(17-21)37-2/h3,5-7,12,17-18,22-23H,4,8-11,13-16,29H2,1-2H3,(H,30,34)(H,31,35). The average Bonchev–Trinajstić information content (AvgIpc) is 3.15. The van der Waals surface area contributed by atoms with Gasteiger partial charge in [0.2, 0.25) is 5.91 Å². The number of nitrogens with two attached hydrogens (primary N) is 1. The molecule has 0 unspecified atom stereocenters. The zero-order chi connectivity index (χ0) is 26.4. The quantitative estimate of drug-likeness (QED) is 0.553. The van der Waals surface area contributed by atoms with Gasteiger partial charge in [0.1, 0.15) is 5.75 Å². The zero-order valence-corrected chi connectivity index (χ0v) is 21.7. The van der Waals surface area contributed by atoms with Crippen molar-refractivity contribution in [2.45, 2.75) is 51.1 Å². The number of ether oxygens (including phenoxy) is 1. The Balaban J connectivity index is 1.46. The van der Waals surface area contributed by atoms with Gasteiger partial charge in [-0.3, -0.25) is 14.4 Å². The van der Waals surface area contributed by atoms with Crippen molar-refractivity contribution >= 4 is 29.1 Å². The number of rotatable bonds is 6. The highest BCUT2D eigenvalue weighted by molar-refractivity contribution is 5.99. The van der Waals surface area contributed by atoms with E-state index in [0.717, 1.165) is 44.3 Å². The summed E-state index contributed by atoms with van der Waals surface area (Å²) in [6, 6.07) is 13.0. The lowest BCUT2D eigenvalue weighted by Gasteiger charge is -2.28. The van der Waals surface area contributed by atoms with Crippen molar-refractivity contribution in [3.05, 3.63) is 53.6 Å². The molecule has 1 saturated heterocycles. The van der Waals surface area contributed by atoms with Crippen molar-refractivity contribution in [2.75, 3.05) is 43.5 Å². The molecule has 1 heterocycles. The third-order valence-corrected chi connectivity index (χ3v) is 7.12. The van der Waals surface area contributed by atoms with Gasteiger partial charge in [0.25, 0.3) is 11.8 Å². The molecular formula is C28H37N5O4. The SMILES string of the molecule is COc1cccc(C(=O)N2CCCN(c3ccc(C(=O)NC4CCC(N)CC4)cc3NC(C)=O)CC2)c1. The molecule has 2 aliphatic rings. The van der Waals surface area contributed by atoms with Crippen LogP contribution in [0.25, 0.3) is 0 Å². The van der Waals surface area contributed by atoms with E-state index in [9.17, 15) is 14.4 Å². The van der Waals surface area contributed by atoms with Crippen LogP contribution in [0.3, 0.4) is 0 Å². The Hall–Kier alpha value is -3.59. The molecule has 1 saturated carbocycles. The van der Waals surface area contributed by atoms with Gasteiger partial charge in [-0.1, -0.05) is 6.07 Å². The lowest BCUT2D eigenvalue weighted by molar-refractivity contribution is -0.114. The lowest BCUT2D eigenvalue weighted by atomic mass is 9.91. The summed E-state index contributed by atoms with van der Waals surface area (Å²) in [7, 11) is 1.58. The summed E-state index contributed by atoms with van der Waals surface area (Å²) in [5.41, 5.74) is 8.53. The Morgan fingerprint density at radius 1 is 0.946 bits per heavy atom. The highest BCUT2D eigenvalue weighted by Gasteiger charge is 2.24. The number of nitrogens with one attached hydrogen (secondary N) is 2. The summed E-state index contributed by atoms with van der Waals surface area (Å²) < 4.78 is 5.26. The van der Waals surface area contributed by atoms with Gasteiger partial charge >= 0.3 is 0 Å². The molecule has 1 aliphatic heterocycles. The molecule has 1 aliphatic carbocycles. The van der Waals surface area contributed by atoms with E-state index < -0.39 is 0 Å². The van der Waals surface area contributed by atoms with Crippen molar-refractivity contribution in [3.8, 4) is 5.75 Å². The summed E-state index contributed by atoms with van der Waals surface area (Å²) in [5.74, 6) is 0.270. The monoisotopic (exact) mass is 507 g/mol. The second-order valence-electron chi connectivity index (χ2n) is 9.86. The van der Waals surface area contributed by atoms with E-state index in [1.807, 2.05) is 23.1 Å². The van der Waals surface area contributed by atoms with Crippen molar-refractivity contribution in [1.29, 1.82) is 0 Å². The number of methoxy groups -OCH3 is 1. The fourth-order valence-electron chi connectivity index (χ4n) is 5.08. The molecule has 0 atom stereocenters. The Morgan fingerprint density at radius 3 is 2.46 bits per heavy atom. The van der Waals surface area contributed by atoms with Gasteiger partial charge in [-0.15, -0.1) is 0 Å². The van der Waals surface area contributed by atoms with E-state index in [1.54, 1.807) is 31.4 Å². The number of benzene rings is 2. The van der Waals surface area contributed by atoms with Crippen LogP contribution >= 0.6 is 0 Å². The van der Waals surface area contributed by atoms with E-state index in [-0.39, 0.29) is 29.8 Å². The van der Waals surface area contributed by atoms with Gasteiger partial charge in [-0.2, -0.15) is 0 Å². The topological polar surface area (TPSA) is 117 Å². The second-order valence-corrected chi connectivity index (χ2v) is 9.86. The molecule has 3 amide bonds. The Bertz CT molecular complexity index is 1130. The minimum Gasteiger partial charge on any atom is -0.497 e. The van der Waals surface area contributed by atoms with E-state index in [0.29, 0.717) is 42.2 Å². The van der Waals surface area contributed by atoms with Crippen LogP contribution in [0.15, 0.2) is 42.5 Å². The van der Waals surface area contributed by atoms with E-state index in [4.69, 9.17) is 10.5 Å². The van der Waals surface area contributed by atoms with Crippen LogP contribution in [0.1, 0.15) is 59.7 Å². The van der Waals surface area contributed by atoms with Gasteiger partial charge < -0.3 is 30.9 Å². The summed E-state index contributed by atoms with van der Waals surface area (Å²) in [6.45, 7) is 3.96. The normalized spacial score (nSPS) is 20.1. The summed E-state index contributed by atoms with van der Waals surface area (Å²) >= 11 is 0. The fourth-order valence-corrected chi connectivity index (χ4v) is 5.08.